The molecule has 0 aromatic heterocycles. The van der Waals surface area contributed by atoms with Gasteiger partial charge in [0.2, 0.25) is 0 Å². The van der Waals surface area contributed by atoms with Gasteiger partial charge in [0.15, 0.2) is 0 Å². The van der Waals surface area contributed by atoms with Crippen molar-refractivity contribution in [3.05, 3.63) is 33.3 Å². The first-order valence-corrected chi connectivity index (χ1v) is 6.50. The molecule has 0 atom stereocenters. The van der Waals surface area contributed by atoms with Gasteiger partial charge in [-0.1, -0.05) is 33.6 Å². The lowest BCUT2D eigenvalue weighted by molar-refractivity contribution is 0.120. The van der Waals surface area contributed by atoms with Crippen LogP contribution in [0.2, 0.25) is 5.02 Å². The monoisotopic (exact) mass is 305 g/mol. The van der Waals surface area contributed by atoms with E-state index < -0.39 is 0 Å². The van der Waals surface area contributed by atoms with Gasteiger partial charge in [0.1, 0.15) is 0 Å². The normalized spacial score (nSPS) is 11.1. The average Bonchev–Trinajstić information content (AvgIpc) is 2.23. The number of ether oxygens (including phenoxy) is 1. The molecule has 0 heterocycles. The van der Waals surface area contributed by atoms with Gasteiger partial charge in [-0.2, -0.15) is 0 Å². The van der Waals surface area contributed by atoms with Gasteiger partial charge in [-0.15, -0.1) is 0 Å². The van der Waals surface area contributed by atoms with E-state index in [1.807, 2.05) is 25.1 Å². The van der Waals surface area contributed by atoms with Gasteiger partial charge < -0.3 is 4.74 Å². The van der Waals surface area contributed by atoms with E-state index in [1.54, 1.807) is 0 Å². The summed E-state index contributed by atoms with van der Waals surface area (Å²) in [6, 6.07) is 5.98. The highest BCUT2D eigenvalue weighted by Gasteiger charge is 2.04. The van der Waals surface area contributed by atoms with Crippen LogP contribution in [-0.2, 0) is 11.3 Å². The first-order valence-electron chi connectivity index (χ1n) is 5.33. The maximum Gasteiger partial charge on any atom is 0.0593 e. The highest BCUT2D eigenvalue weighted by atomic mass is 79.9. The van der Waals surface area contributed by atoms with E-state index in [1.165, 1.54) is 0 Å². The number of halogens is 2. The molecule has 0 fully saturated rings. The third-order valence-corrected chi connectivity index (χ3v) is 3.12. The molecule has 0 saturated carbocycles. The minimum absolute atomic E-state index is 0.765. The first-order chi connectivity index (χ1) is 7.63. The van der Waals surface area contributed by atoms with E-state index in [0.29, 0.717) is 0 Å². The molecule has 0 bridgehead atoms. The summed E-state index contributed by atoms with van der Waals surface area (Å²) in [4.78, 5) is 2.20. The molecule has 0 spiro atoms. The van der Waals surface area contributed by atoms with Crippen molar-refractivity contribution in [1.29, 1.82) is 0 Å². The van der Waals surface area contributed by atoms with E-state index in [-0.39, 0.29) is 0 Å². The Balaban J connectivity index is 2.46. The van der Waals surface area contributed by atoms with Crippen molar-refractivity contribution in [2.75, 3.05) is 26.8 Å². The minimum atomic E-state index is 0.765. The maximum absolute atomic E-state index is 6.15. The Kier molecular flexibility index (Phi) is 6.36. The van der Waals surface area contributed by atoms with Gasteiger partial charge >= 0.3 is 0 Å². The van der Waals surface area contributed by atoms with Crippen LogP contribution in [-0.4, -0.2) is 31.7 Å². The first kappa shape index (κ1) is 14.0. The SMILES string of the molecule is CCOCCN(C)Cc1ccc(Br)cc1Cl. The number of likely N-dealkylation sites (N-methyl/N-ethyl adjacent to an activating group) is 1. The third kappa shape index (κ3) is 4.83. The maximum atomic E-state index is 6.15. The van der Waals surface area contributed by atoms with Crippen LogP contribution in [0.5, 0.6) is 0 Å². The molecule has 0 aliphatic carbocycles. The molecule has 1 aromatic carbocycles. The van der Waals surface area contributed by atoms with Gasteiger partial charge in [0.05, 0.1) is 6.61 Å². The van der Waals surface area contributed by atoms with Crippen LogP contribution >= 0.6 is 27.5 Å². The van der Waals surface area contributed by atoms with Gasteiger partial charge in [0.25, 0.3) is 0 Å². The molecule has 90 valence electrons. The van der Waals surface area contributed by atoms with Crippen molar-refractivity contribution in [2.45, 2.75) is 13.5 Å². The van der Waals surface area contributed by atoms with Crippen molar-refractivity contribution in [1.82, 2.24) is 4.90 Å². The summed E-state index contributed by atoms with van der Waals surface area (Å²) in [5.41, 5.74) is 1.14. The lowest BCUT2D eigenvalue weighted by Crippen LogP contribution is -2.22. The molecule has 1 aromatic rings. The molecule has 0 amide bonds. The van der Waals surface area contributed by atoms with Crippen molar-refractivity contribution in [3.63, 3.8) is 0 Å². The summed E-state index contributed by atoms with van der Waals surface area (Å²) < 4.78 is 6.32. The molecule has 0 aliphatic heterocycles. The zero-order valence-corrected chi connectivity index (χ0v) is 12.0. The average molecular weight is 307 g/mol. The van der Waals surface area contributed by atoms with E-state index in [0.717, 1.165) is 41.4 Å². The summed E-state index contributed by atoms with van der Waals surface area (Å²) in [5, 5.41) is 0.803. The third-order valence-electron chi connectivity index (χ3n) is 2.28. The van der Waals surface area contributed by atoms with E-state index in [2.05, 4.69) is 27.9 Å². The van der Waals surface area contributed by atoms with Crippen molar-refractivity contribution in [3.8, 4) is 0 Å². The molecular formula is C12H17BrClNO. The fourth-order valence-corrected chi connectivity index (χ4v) is 2.12. The van der Waals surface area contributed by atoms with Crippen molar-refractivity contribution in [2.24, 2.45) is 0 Å². The van der Waals surface area contributed by atoms with Crippen molar-refractivity contribution >= 4 is 27.5 Å². The molecule has 2 nitrogen and oxygen atoms in total. The van der Waals surface area contributed by atoms with Crippen LogP contribution in [0.25, 0.3) is 0 Å². The van der Waals surface area contributed by atoms with Crippen LogP contribution in [0.4, 0.5) is 0 Å². The molecule has 0 radical (unpaired) electrons. The number of rotatable bonds is 6. The fourth-order valence-electron chi connectivity index (χ4n) is 1.38. The van der Waals surface area contributed by atoms with E-state index >= 15 is 0 Å². The fraction of sp³-hybridized carbons (Fsp3) is 0.500. The zero-order valence-electron chi connectivity index (χ0n) is 9.67. The Bertz CT molecular complexity index is 333. The zero-order chi connectivity index (χ0) is 12.0. The van der Waals surface area contributed by atoms with Gasteiger partial charge in [0, 0.05) is 29.2 Å². The van der Waals surface area contributed by atoms with Gasteiger partial charge in [-0.05, 0) is 31.7 Å². The predicted octanol–water partition coefficient (Wildman–Crippen LogP) is 3.57. The largest absolute Gasteiger partial charge is 0.380 e. The topological polar surface area (TPSA) is 12.5 Å². The molecule has 0 unspecified atom stereocenters. The minimum Gasteiger partial charge on any atom is -0.380 e. The molecule has 1 rings (SSSR count). The van der Waals surface area contributed by atoms with Gasteiger partial charge in [-0.3, -0.25) is 4.90 Å². The Labute approximate surface area is 111 Å². The quantitative estimate of drug-likeness (QED) is 0.745. The Morgan fingerprint density at radius 1 is 1.44 bits per heavy atom. The van der Waals surface area contributed by atoms with Crippen molar-refractivity contribution < 1.29 is 4.74 Å². The number of hydrogen-bond acceptors (Lipinski definition) is 2. The predicted molar refractivity (Wildman–Crippen MR) is 72.0 cm³/mol. The van der Waals surface area contributed by atoms with Crippen LogP contribution in [0.1, 0.15) is 12.5 Å². The summed E-state index contributed by atoms with van der Waals surface area (Å²) >= 11 is 9.54. The summed E-state index contributed by atoms with van der Waals surface area (Å²) in [6.07, 6.45) is 0. The number of nitrogens with zero attached hydrogens (tertiary/aromatic N) is 1. The van der Waals surface area contributed by atoms with Crippen LogP contribution in [0.15, 0.2) is 22.7 Å². The smallest absolute Gasteiger partial charge is 0.0593 e. The molecule has 4 heteroatoms. The van der Waals surface area contributed by atoms with Gasteiger partial charge in [-0.25, -0.2) is 0 Å². The Morgan fingerprint density at radius 2 is 2.19 bits per heavy atom. The molecule has 0 aliphatic rings. The Hall–Kier alpha value is -0.0900. The molecular weight excluding hydrogens is 289 g/mol. The number of hydrogen-bond donors (Lipinski definition) is 0. The van der Waals surface area contributed by atoms with Crippen LogP contribution < -0.4 is 0 Å². The molecule has 0 N–H and O–H groups in total. The summed E-state index contributed by atoms with van der Waals surface area (Å²) in [6.45, 7) is 5.30. The highest BCUT2D eigenvalue weighted by Crippen LogP contribution is 2.22. The van der Waals surface area contributed by atoms with E-state index in [4.69, 9.17) is 16.3 Å². The standard InChI is InChI=1S/C12H17BrClNO/c1-3-16-7-6-15(2)9-10-4-5-11(13)8-12(10)14/h4-5,8H,3,6-7,9H2,1-2H3. The molecule has 0 saturated heterocycles. The lowest BCUT2D eigenvalue weighted by Gasteiger charge is -2.17. The second-order valence-electron chi connectivity index (χ2n) is 3.67. The lowest BCUT2D eigenvalue weighted by atomic mass is 10.2. The summed E-state index contributed by atoms with van der Waals surface area (Å²) in [7, 11) is 2.07. The van der Waals surface area contributed by atoms with Crippen LogP contribution in [0.3, 0.4) is 0 Å². The highest BCUT2D eigenvalue weighted by molar-refractivity contribution is 9.10. The van der Waals surface area contributed by atoms with E-state index in [9.17, 15) is 0 Å². The second-order valence-corrected chi connectivity index (χ2v) is 4.99. The summed E-state index contributed by atoms with van der Waals surface area (Å²) in [5.74, 6) is 0. The Morgan fingerprint density at radius 3 is 2.81 bits per heavy atom. The molecule has 16 heavy (non-hydrogen) atoms. The number of benzene rings is 1. The second kappa shape index (κ2) is 7.28. The van der Waals surface area contributed by atoms with Crippen LogP contribution in [0, 0.1) is 0 Å².